The van der Waals surface area contributed by atoms with Gasteiger partial charge < -0.3 is 15.6 Å². The molecule has 0 atom stereocenters. The van der Waals surface area contributed by atoms with E-state index in [1.165, 1.54) is 5.39 Å². The smallest absolute Gasteiger partial charge is 0.270 e. The zero-order valence-corrected chi connectivity index (χ0v) is 16.4. The number of carbonyl (C=O) groups excluding carboxylic acids is 1. The van der Waals surface area contributed by atoms with Crippen LogP contribution in [0.15, 0.2) is 60.8 Å². The minimum Gasteiger partial charge on any atom is -0.361 e. The number of nitrogens with one attached hydrogen (secondary N) is 3. The normalized spacial score (nSPS) is 10.5. The lowest BCUT2D eigenvalue weighted by atomic mass is 10.1. The van der Waals surface area contributed by atoms with E-state index in [9.17, 15) is 4.79 Å². The third-order valence-electron chi connectivity index (χ3n) is 4.71. The minimum absolute atomic E-state index is 0.247. The van der Waals surface area contributed by atoms with Crippen LogP contribution in [0.1, 0.15) is 27.4 Å². The van der Waals surface area contributed by atoms with E-state index in [0.717, 1.165) is 23.2 Å². The van der Waals surface area contributed by atoms with Gasteiger partial charge in [-0.3, -0.25) is 4.79 Å². The van der Waals surface area contributed by atoms with Gasteiger partial charge in [0.25, 0.3) is 5.91 Å². The van der Waals surface area contributed by atoms with Gasteiger partial charge in [0.05, 0.1) is 11.6 Å². The lowest BCUT2D eigenvalue weighted by molar-refractivity contribution is 0.0949. The molecule has 0 aliphatic rings. The van der Waals surface area contributed by atoms with Gasteiger partial charge in [-0.05, 0) is 49.2 Å². The standard InChI is InChI=1S/C23H20N6O/c1-15-27-21(12-22(28-15)29-18-8-6-16(13-24)7-9-18)23(30)25-11-10-17-14-26-20-5-3-2-4-19(17)20/h2-9,12,14,26H,10-11H2,1H3,(H,25,30)(H,27,28,29). The van der Waals surface area contributed by atoms with Crippen LogP contribution in [-0.2, 0) is 6.42 Å². The average molecular weight is 396 g/mol. The van der Waals surface area contributed by atoms with Gasteiger partial charge in [0, 0.05) is 35.4 Å². The number of nitriles is 1. The molecule has 4 aromatic rings. The first-order valence-electron chi connectivity index (χ1n) is 9.58. The van der Waals surface area contributed by atoms with Gasteiger partial charge in [0.2, 0.25) is 0 Å². The van der Waals surface area contributed by atoms with Crippen molar-refractivity contribution in [2.24, 2.45) is 0 Å². The van der Waals surface area contributed by atoms with Crippen LogP contribution in [-0.4, -0.2) is 27.4 Å². The lowest BCUT2D eigenvalue weighted by Crippen LogP contribution is -2.27. The summed E-state index contributed by atoms with van der Waals surface area (Å²) in [7, 11) is 0. The molecule has 0 fully saturated rings. The Bertz CT molecular complexity index is 1240. The highest BCUT2D eigenvalue weighted by Gasteiger charge is 2.11. The van der Waals surface area contributed by atoms with Gasteiger partial charge in [0.15, 0.2) is 0 Å². The molecule has 0 saturated heterocycles. The van der Waals surface area contributed by atoms with E-state index in [2.05, 4.69) is 37.7 Å². The first-order valence-corrected chi connectivity index (χ1v) is 9.58. The fourth-order valence-corrected chi connectivity index (χ4v) is 3.26. The molecule has 0 saturated carbocycles. The number of hydrogen-bond donors (Lipinski definition) is 3. The Hall–Kier alpha value is -4.18. The number of para-hydroxylation sites is 1. The second-order valence-corrected chi connectivity index (χ2v) is 6.87. The Morgan fingerprint density at radius 2 is 1.93 bits per heavy atom. The highest BCUT2D eigenvalue weighted by Crippen LogP contribution is 2.18. The maximum Gasteiger partial charge on any atom is 0.270 e. The fourth-order valence-electron chi connectivity index (χ4n) is 3.26. The highest BCUT2D eigenvalue weighted by atomic mass is 16.1. The molecule has 30 heavy (non-hydrogen) atoms. The molecular formula is C23H20N6O. The van der Waals surface area contributed by atoms with Crippen molar-refractivity contribution in [3.8, 4) is 6.07 Å². The second kappa shape index (κ2) is 8.45. The summed E-state index contributed by atoms with van der Waals surface area (Å²) >= 11 is 0. The molecule has 2 heterocycles. The van der Waals surface area contributed by atoms with E-state index in [-0.39, 0.29) is 5.91 Å². The monoisotopic (exact) mass is 396 g/mol. The quantitative estimate of drug-likeness (QED) is 0.459. The highest BCUT2D eigenvalue weighted by molar-refractivity contribution is 5.93. The molecule has 2 aromatic carbocycles. The number of anilines is 2. The summed E-state index contributed by atoms with van der Waals surface area (Å²) in [6.45, 7) is 2.24. The summed E-state index contributed by atoms with van der Waals surface area (Å²) in [5.74, 6) is 0.771. The molecule has 0 bridgehead atoms. The summed E-state index contributed by atoms with van der Waals surface area (Å²) in [6.07, 6.45) is 2.70. The maximum absolute atomic E-state index is 12.6. The van der Waals surface area contributed by atoms with Crippen molar-refractivity contribution >= 4 is 28.3 Å². The van der Waals surface area contributed by atoms with Crippen LogP contribution in [0.25, 0.3) is 10.9 Å². The summed E-state index contributed by atoms with van der Waals surface area (Å²) in [4.78, 5) is 24.4. The Labute approximate surface area is 173 Å². The van der Waals surface area contributed by atoms with Gasteiger partial charge >= 0.3 is 0 Å². The van der Waals surface area contributed by atoms with Gasteiger partial charge in [-0.2, -0.15) is 5.26 Å². The van der Waals surface area contributed by atoms with Gasteiger partial charge in [0.1, 0.15) is 17.3 Å². The maximum atomic E-state index is 12.6. The Morgan fingerprint density at radius 1 is 1.13 bits per heavy atom. The molecule has 0 aliphatic heterocycles. The van der Waals surface area contributed by atoms with E-state index in [0.29, 0.717) is 29.4 Å². The topological polar surface area (TPSA) is 106 Å². The Morgan fingerprint density at radius 3 is 2.73 bits per heavy atom. The zero-order chi connectivity index (χ0) is 20.9. The van der Waals surface area contributed by atoms with Crippen molar-refractivity contribution in [3.63, 3.8) is 0 Å². The van der Waals surface area contributed by atoms with Gasteiger partial charge in [-0.1, -0.05) is 18.2 Å². The number of carbonyl (C=O) groups is 1. The number of nitrogens with zero attached hydrogens (tertiary/aromatic N) is 3. The number of amides is 1. The van der Waals surface area contributed by atoms with Crippen LogP contribution in [0.5, 0.6) is 0 Å². The van der Waals surface area contributed by atoms with Crippen LogP contribution < -0.4 is 10.6 Å². The SMILES string of the molecule is Cc1nc(Nc2ccc(C#N)cc2)cc(C(=O)NCCc2c[nH]c3ccccc23)n1. The fraction of sp³-hybridized carbons (Fsp3) is 0.130. The molecule has 2 aromatic heterocycles. The number of benzene rings is 2. The van der Waals surface area contributed by atoms with Crippen molar-refractivity contribution in [1.82, 2.24) is 20.3 Å². The molecule has 0 aliphatic carbocycles. The van der Waals surface area contributed by atoms with Gasteiger partial charge in [-0.15, -0.1) is 0 Å². The number of aromatic amines is 1. The third-order valence-corrected chi connectivity index (χ3v) is 4.71. The number of fused-ring (bicyclic) bond motifs is 1. The molecule has 3 N–H and O–H groups in total. The number of aromatic nitrogens is 3. The van der Waals surface area contributed by atoms with E-state index >= 15 is 0 Å². The minimum atomic E-state index is -0.247. The summed E-state index contributed by atoms with van der Waals surface area (Å²) < 4.78 is 0. The van der Waals surface area contributed by atoms with Crippen LogP contribution >= 0.6 is 0 Å². The molecule has 4 rings (SSSR count). The average Bonchev–Trinajstić information content (AvgIpc) is 3.17. The molecule has 148 valence electrons. The van der Waals surface area contributed by atoms with Crippen molar-refractivity contribution in [1.29, 1.82) is 5.26 Å². The summed E-state index contributed by atoms with van der Waals surface area (Å²) in [5.41, 5.74) is 3.90. The van der Waals surface area contributed by atoms with Crippen LogP contribution in [0.2, 0.25) is 0 Å². The third kappa shape index (κ3) is 4.28. The molecule has 7 nitrogen and oxygen atoms in total. The number of aryl methyl sites for hydroxylation is 1. The van der Waals surface area contributed by atoms with E-state index < -0.39 is 0 Å². The summed E-state index contributed by atoms with van der Waals surface area (Å²) in [6, 6.07) is 18.8. The molecule has 1 amide bonds. The first kappa shape index (κ1) is 19.2. The zero-order valence-electron chi connectivity index (χ0n) is 16.4. The van der Waals surface area contributed by atoms with E-state index in [1.54, 1.807) is 37.3 Å². The number of hydrogen-bond acceptors (Lipinski definition) is 5. The van der Waals surface area contributed by atoms with Crippen LogP contribution in [0.3, 0.4) is 0 Å². The molecule has 7 heteroatoms. The Balaban J connectivity index is 1.41. The lowest BCUT2D eigenvalue weighted by Gasteiger charge is -2.09. The van der Waals surface area contributed by atoms with Crippen molar-refractivity contribution in [2.45, 2.75) is 13.3 Å². The predicted octanol–water partition coefficient (Wildman–Crippen LogP) is 3.85. The predicted molar refractivity (Wildman–Crippen MR) is 116 cm³/mol. The van der Waals surface area contributed by atoms with Gasteiger partial charge in [-0.25, -0.2) is 9.97 Å². The Kier molecular flexibility index (Phi) is 5.39. The summed E-state index contributed by atoms with van der Waals surface area (Å²) in [5, 5.41) is 16.1. The van der Waals surface area contributed by atoms with Crippen molar-refractivity contribution in [3.05, 3.63) is 83.4 Å². The second-order valence-electron chi connectivity index (χ2n) is 6.87. The molecule has 0 unspecified atom stereocenters. The first-order chi connectivity index (χ1) is 14.6. The largest absolute Gasteiger partial charge is 0.361 e. The molecular weight excluding hydrogens is 376 g/mol. The molecule has 0 spiro atoms. The number of H-pyrrole nitrogens is 1. The van der Waals surface area contributed by atoms with E-state index in [4.69, 9.17) is 5.26 Å². The molecule has 0 radical (unpaired) electrons. The van der Waals surface area contributed by atoms with E-state index in [1.807, 2.05) is 24.4 Å². The number of rotatable bonds is 6. The van der Waals surface area contributed by atoms with Crippen molar-refractivity contribution in [2.75, 3.05) is 11.9 Å². The van der Waals surface area contributed by atoms with Crippen LogP contribution in [0.4, 0.5) is 11.5 Å². The van der Waals surface area contributed by atoms with Crippen molar-refractivity contribution < 1.29 is 4.79 Å². The van der Waals surface area contributed by atoms with Crippen LogP contribution in [0, 0.1) is 18.3 Å².